The Morgan fingerprint density at radius 2 is 1.50 bits per heavy atom. The van der Waals surface area contributed by atoms with Crippen LogP contribution in [0.1, 0.15) is 12.8 Å². The van der Waals surface area contributed by atoms with Gasteiger partial charge in [-0.1, -0.05) is 0 Å². The van der Waals surface area contributed by atoms with Crippen LogP contribution in [0.25, 0.3) is 0 Å². The molecule has 0 bridgehead atoms. The van der Waals surface area contributed by atoms with E-state index >= 15 is 0 Å². The molecular formula is C7H29N3O10P2. The number of aliphatic hydroxyl groups is 1. The molecule has 13 nitrogen and oxygen atoms in total. The van der Waals surface area contributed by atoms with E-state index in [1.54, 1.807) is 0 Å². The average Bonchev–Trinajstić information content (AvgIpc) is 2.24. The topological polar surface area (TPSA) is 310 Å². The van der Waals surface area contributed by atoms with E-state index in [2.05, 4.69) is 16.8 Å². The van der Waals surface area contributed by atoms with Gasteiger partial charge in [-0.05, 0) is 20.4 Å². The van der Waals surface area contributed by atoms with Crippen molar-refractivity contribution in [2.75, 3.05) is 26.7 Å². The minimum Gasteiger partial charge on any atom is -0.808 e. The Balaban J connectivity index is -0.000000105. The monoisotopic (exact) mass is 377 g/mol. The molecule has 1 unspecified atom stereocenters. The molecule has 0 heterocycles. The number of hydrogen-bond acceptors (Lipinski definition) is 6. The van der Waals surface area contributed by atoms with Crippen molar-refractivity contribution in [3.05, 3.63) is 0 Å². The van der Waals surface area contributed by atoms with Gasteiger partial charge in [-0.15, -0.1) is 0 Å². The first-order chi connectivity index (χ1) is 8.47. The predicted octanol–water partition coefficient (Wildman–Crippen LogP) is -8.94. The maximum Gasteiger partial charge on any atom is 0.168 e. The smallest absolute Gasteiger partial charge is 0.168 e. The van der Waals surface area contributed by atoms with Crippen LogP contribution >= 0.6 is 15.2 Å². The third-order valence-electron chi connectivity index (χ3n) is 2.15. The molecule has 0 aliphatic rings. The van der Waals surface area contributed by atoms with Gasteiger partial charge in [-0.25, -0.2) is 0 Å². The van der Waals surface area contributed by atoms with Gasteiger partial charge in [0.1, 0.15) is 13.1 Å². The largest absolute Gasteiger partial charge is 0.808 e. The number of nitrogens with two attached hydrogens (primary N) is 1. The summed E-state index contributed by atoms with van der Waals surface area (Å²) < 4.78 is 21.0. The van der Waals surface area contributed by atoms with Crippen LogP contribution in [0.5, 0.6) is 0 Å². The maximum atomic E-state index is 10.5. The Morgan fingerprint density at radius 3 is 1.64 bits per heavy atom. The summed E-state index contributed by atoms with van der Waals surface area (Å²) in [5, 5.41) is 7.58. The Bertz CT molecular complexity index is 308. The zero-order valence-corrected chi connectivity index (χ0v) is 14.1. The summed E-state index contributed by atoms with van der Waals surface area (Å²) in [5.41, 5.74) is 6.92. The second kappa shape index (κ2) is 14.6. The molecule has 0 saturated heterocycles. The first-order valence-corrected chi connectivity index (χ1v) is 8.74. The van der Waals surface area contributed by atoms with Gasteiger partial charge in [0.25, 0.3) is 0 Å². The second-order valence-electron chi connectivity index (χ2n) is 3.80. The van der Waals surface area contributed by atoms with Crippen LogP contribution in [0, 0.1) is 0 Å². The fourth-order valence-electron chi connectivity index (χ4n) is 0.999. The fraction of sp³-hybridized carbons (Fsp3) is 1.00. The van der Waals surface area contributed by atoms with E-state index in [1.807, 2.05) is 7.05 Å². The van der Waals surface area contributed by atoms with Crippen molar-refractivity contribution < 1.29 is 67.0 Å². The van der Waals surface area contributed by atoms with Crippen LogP contribution < -0.4 is 31.5 Å². The molecule has 0 aromatic heterocycles. The molecule has 16 N–H and O–H groups in total. The Labute approximate surface area is 128 Å². The normalized spacial score (nSPS) is 15.5. The lowest BCUT2D eigenvalue weighted by Crippen LogP contribution is -2.84. The lowest BCUT2D eigenvalue weighted by atomic mass is 10.3. The van der Waals surface area contributed by atoms with Crippen molar-refractivity contribution >= 4 is 15.2 Å². The molecular weight excluding hydrogens is 348 g/mol. The Hall–Kier alpha value is 0.0200. The summed E-state index contributed by atoms with van der Waals surface area (Å²) in [7, 11) is -9.44. The van der Waals surface area contributed by atoms with Crippen molar-refractivity contribution in [2.24, 2.45) is 0 Å². The SMILES string of the molecule is C[NH2+]CC[NH3+].O.O.O.[NH3+]CCC[C@](O)(P(=O)([O-])[O-])P(=O)([O-])O. The highest BCUT2D eigenvalue weighted by atomic mass is 31.2. The minimum atomic E-state index is -5.84. The molecule has 0 rings (SSSR count). The van der Waals surface area contributed by atoms with Gasteiger partial charge in [0.15, 0.2) is 12.7 Å². The van der Waals surface area contributed by atoms with Gasteiger partial charge in [0.05, 0.1) is 13.6 Å². The van der Waals surface area contributed by atoms with Crippen molar-refractivity contribution in [3.8, 4) is 0 Å². The molecule has 0 spiro atoms. The molecule has 0 aliphatic heterocycles. The van der Waals surface area contributed by atoms with Crippen LogP contribution in [0.2, 0.25) is 0 Å². The van der Waals surface area contributed by atoms with Crippen LogP contribution in [-0.4, -0.2) is 58.2 Å². The van der Waals surface area contributed by atoms with Crippen molar-refractivity contribution in [3.63, 3.8) is 0 Å². The highest BCUT2D eigenvalue weighted by Crippen LogP contribution is 2.63. The number of likely N-dealkylation sites (N-methyl/N-ethyl adjacent to an activating group) is 1. The van der Waals surface area contributed by atoms with Gasteiger partial charge < -0.3 is 67.0 Å². The van der Waals surface area contributed by atoms with Gasteiger partial charge >= 0.3 is 0 Å². The molecule has 0 aliphatic carbocycles. The van der Waals surface area contributed by atoms with Gasteiger partial charge in [0, 0.05) is 0 Å². The molecule has 2 atom stereocenters. The molecule has 0 saturated carbocycles. The summed E-state index contributed by atoms with van der Waals surface area (Å²) in [6, 6.07) is 0. The third kappa shape index (κ3) is 11.6. The number of quaternary nitrogens is 3. The molecule has 0 amide bonds. The molecule has 0 aromatic carbocycles. The van der Waals surface area contributed by atoms with Crippen LogP contribution in [-0.2, 0) is 9.13 Å². The second-order valence-corrected chi connectivity index (χ2v) is 7.67. The molecule has 0 aromatic rings. The maximum absolute atomic E-state index is 10.5. The molecule has 0 fully saturated rings. The van der Waals surface area contributed by atoms with Gasteiger partial charge in [-0.2, -0.15) is 0 Å². The Morgan fingerprint density at radius 1 is 1.09 bits per heavy atom. The van der Waals surface area contributed by atoms with Crippen LogP contribution in [0.3, 0.4) is 0 Å². The van der Waals surface area contributed by atoms with Crippen LogP contribution in [0.4, 0.5) is 0 Å². The summed E-state index contributed by atoms with van der Waals surface area (Å²) in [5.74, 6) is 0. The van der Waals surface area contributed by atoms with E-state index < -0.39 is 26.7 Å². The highest BCUT2D eigenvalue weighted by molar-refractivity contribution is 7.70. The first-order valence-electron chi connectivity index (χ1n) is 5.62. The van der Waals surface area contributed by atoms with Gasteiger partial charge in [0.2, 0.25) is 0 Å². The van der Waals surface area contributed by atoms with Crippen LogP contribution in [0.15, 0.2) is 0 Å². The minimum absolute atomic E-state index is 0. The highest BCUT2D eigenvalue weighted by Gasteiger charge is 2.40. The summed E-state index contributed by atoms with van der Waals surface area (Å²) in [6.07, 6.45) is -0.990. The first kappa shape index (κ1) is 33.6. The van der Waals surface area contributed by atoms with Crippen molar-refractivity contribution in [2.45, 2.75) is 17.9 Å². The van der Waals surface area contributed by atoms with E-state index in [0.717, 1.165) is 13.1 Å². The van der Waals surface area contributed by atoms with Crippen molar-refractivity contribution in [1.82, 2.24) is 0 Å². The zero-order valence-electron chi connectivity index (χ0n) is 12.4. The zero-order chi connectivity index (χ0) is 15.7. The molecule has 22 heavy (non-hydrogen) atoms. The number of rotatable bonds is 7. The third-order valence-corrected chi connectivity index (χ3v) is 5.87. The van der Waals surface area contributed by atoms with E-state index in [4.69, 9.17) is 10.00 Å². The van der Waals surface area contributed by atoms with E-state index in [1.165, 1.54) is 0 Å². The molecule has 15 heteroatoms. The number of hydrogen-bond donors (Lipinski definition) is 5. The molecule has 142 valence electrons. The fourth-order valence-corrected chi connectivity index (χ4v) is 3.11. The van der Waals surface area contributed by atoms with Gasteiger partial charge in [-0.3, -0.25) is 0 Å². The van der Waals surface area contributed by atoms with E-state index in [-0.39, 0.29) is 29.4 Å². The average molecular weight is 377 g/mol. The van der Waals surface area contributed by atoms with Crippen molar-refractivity contribution in [1.29, 1.82) is 0 Å². The Kier molecular flexibility index (Phi) is 22.3. The summed E-state index contributed by atoms with van der Waals surface area (Å²) in [6.45, 7) is 2.32. The molecule has 0 radical (unpaired) electrons. The summed E-state index contributed by atoms with van der Waals surface area (Å²) >= 11 is 0. The lowest BCUT2D eigenvalue weighted by molar-refractivity contribution is -0.644. The van der Waals surface area contributed by atoms with E-state index in [0.29, 0.717) is 0 Å². The standard InChI is InChI=1S/C4H13NO7P2.C3H10N2.3H2O/c5-3-1-2-4(6,13(7,8)9)14(10,11)12;1-5-3-2-4;;;/h6H,1-3,5H2,(H2,7,8,9)(H2,10,11,12);5H,2-4H2,1H3;3*1H2. The predicted molar refractivity (Wildman–Crippen MR) is 70.7 cm³/mol. The summed E-state index contributed by atoms with van der Waals surface area (Å²) in [4.78, 5) is 40.0. The van der Waals surface area contributed by atoms with E-state index in [9.17, 15) is 23.8 Å². The lowest BCUT2D eigenvalue weighted by Gasteiger charge is -2.49. The quantitative estimate of drug-likeness (QED) is 0.266.